The van der Waals surface area contributed by atoms with Crippen LogP contribution in [0.3, 0.4) is 0 Å². The van der Waals surface area contributed by atoms with E-state index in [1.807, 2.05) is 0 Å². The van der Waals surface area contributed by atoms with Crippen LogP contribution >= 0.6 is 0 Å². The lowest BCUT2D eigenvalue weighted by Crippen LogP contribution is -2.62. The molecule has 0 aliphatic rings. The third-order valence-electron chi connectivity index (χ3n) is 3.25. The molecular weight excluding hydrogens is 332 g/mol. The largest absolute Gasteiger partial charge is 0.464 e. The molecule has 1 rings (SSSR count). The fourth-order valence-corrected chi connectivity index (χ4v) is 2.22. The molecule has 0 saturated carbocycles. The fourth-order valence-electron chi connectivity index (χ4n) is 2.22. The maximum Gasteiger partial charge on any atom is 0.344 e. The molecule has 1 N–H and O–H groups in total. The SMILES string of the molecule is CCOC(=O)C(Cc1ccc([N+](=O)[O-])cc1)(NC(C)=O)C(=O)OCC. The Morgan fingerprint density at radius 2 is 1.56 bits per heavy atom. The Hall–Kier alpha value is -2.97. The van der Waals surface area contributed by atoms with Crippen LogP contribution in [0.1, 0.15) is 26.3 Å². The zero-order valence-corrected chi connectivity index (χ0v) is 14.2. The van der Waals surface area contributed by atoms with Crippen LogP contribution in [0, 0.1) is 10.1 Å². The summed E-state index contributed by atoms with van der Waals surface area (Å²) in [4.78, 5) is 46.7. The molecule has 0 radical (unpaired) electrons. The molecule has 1 aromatic rings. The average molecular weight is 352 g/mol. The number of benzene rings is 1. The predicted octanol–water partition coefficient (Wildman–Crippen LogP) is 1.14. The van der Waals surface area contributed by atoms with Crippen LogP contribution in [-0.2, 0) is 30.3 Å². The summed E-state index contributed by atoms with van der Waals surface area (Å²) in [5.41, 5.74) is -1.78. The molecule has 0 atom stereocenters. The Labute approximate surface area is 144 Å². The number of carbonyl (C=O) groups is 3. The lowest BCUT2D eigenvalue weighted by molar-refractivity contribution is -0.384. The molecule has 0 unspecified atom stereocenters. The maximum atomic E-state index is 12.5. The number of nitrogens with zero attached hydrogens (tertiary/aromatic N) is 1. The highest BCUT2D eigenvalue weighted by molar-refractivity contribution is 6.08. The number of rotatable bonds is 8. The van der Waals surface area contributed by atoms with Crippen LogP contribution in [0.15, 0.2) is 24.3 Å². The second kappa shape index (κ2) is 8.76. The molecule has 0 aliphatic carbocycles. The third kappa shape index (κ3) is 5.00. The van der Waals surface area contributed by atoms with Gasteiger partial charge in [0.1, 0.15) is 0 Å². The first-order valence-electron chi connectivity index (χ1n) is 7.63. The van der Waals surface area contributed by atoms with E-state index < -0.39 is 28.3 Å². The summed E-state index contributed by atoms with van der Waals surface area (Å²) >= 11 is 0. The molecule has 0 fully saturated rings. The quantitative estimate of drug-likeness (QED) is 0.322. The van der Waals surface area contributed by atoms with Crippen LogP contribution in [0.2, 0.25) is 0 Å². The van der Waals surface area contributed by atoms with Crippen molar-refractivity contribution in [1.29, 1.82) is 0 Å². The van der Waals surface area contributed by atoms with E-state index in [0.29, 0.717) is 5.56 Å². The van der Waals surface area contributed by atoms with Gasteiger partial charge in [-0.1, -0.05) is 12.1 Å². The Morgan fingerprint density at radius 3 is 1.92 bits per heavy atom. The zero-order valence-electron chi connectivity index (χ0n) is 14.2. The van der Waals surface area contributed by atoms with E-state index in [1.165, 1.54) is 24.3 Å². The van der Waals surface area contributed by atoms with Gasteiger partial charge in [-0.3, -0.25) is 14.9 Å². The van der Waals surface area contributed by atoms with Gasteiger partial charge < -0.3 is 14.8 Å². The van der Waals surface area contributed by atoms with E-state index in [2.05, 4.69) is 5.32 Å². The van der Waals surface area contributed by atoms with Crippen molar-refractivity contribution in [2.45, 2.75) is 32.7 Å². The first kappa shape index (κ1) is 20.1. The van der Waals surface area contributed by atoms with Gasteiger partial charge >= 0.3 is 11.9 Å². The summed E-state index contributed by atoms with van der Waals surface area (Å²) in [6.45, 7) is 4.28. The number of nitro benzene ring substituents is 1. The molecular formula is C16H20N2O7. The second-order valence-corrected chi connectivity index (χ2v) is 5.13. The van der Waals surface area contributed by atoms with Gasteiger partial charge in [0.25, 0.3) is 5.69 Å². The van der Waals surface area contributed by atoms with Gasteiger partial charge in [-0.15, -0.1) is 0 Å². The van der Waals surface area contributed by atoms with Gasteiger partial charge in [-0.25, -0.2) is 9.59 Å². The molecule has 136 valence electrons. The Balaban J connectivity index is 3.30. The minimum atomic E-state index is -2.06. The van der Waals surface area contributed by atoms with Crippen molar-refractivity contribution < 1.29 is 28.8 Å². The van der Waals surface area contributed by atoms with E-state index in [1.54, 1.807) is 13.8 Å². The Kier molecular flexibility index (Phi) is 7.04. The van der Waals surface area contributed by atoms with Gasteiger partial charge in [-0.05, 0) is 19.4 Å². The van der Waals surface area contributed by atoms with Gasteiger partial charge in [0, 0.05) is 25.5 Å². The van der Waals surface area contributed by atoms with Crippen molar-refractivity contribution >= 4 is 23.5 Å². The first-order chi connectivity index (χ1) is 11.8. The highest BCUT2D eigenvalue weighted by Gasteiger charge is 2.50. The van der Waals surface area contributed by atoms with E-state index in [0.717, 1.165) is 6.92 Å². The van der Waals surface area contributed by atoms with Gasteiger partial charge in [-0.2, -0.15) is 0 Å². The summed E-state index contributed by atoms with van der Waals surface area (Å²) in [7, 11) is 0. The fraction of sp³-hybridized carbons (Fsp3) is 0.438. The molecule has 0 saturated heterocycles. The van der Waals surface area contributed by atoms with Gasteiger partial charge in [0.05, 0.1) is 18.1 Å². The number of nitrogens with one attached hydrogen (secondary N) is 1. The molecule has 0 heterocycles. The van der Waals surface area contributed by atoms with Crippen molar-refractivity contribution in [2.75, 3.05) is 13.2 Å². The number of hydrogen-bond donors (Lipinski definition) is 1. The molecule has 1 amide bonds. The number of ether oxygens (including phenoxy) is 2. The first-order valence-corrected chi connectivity index (χ1v) is 7.63. The third-order valence-corrected chi connectivity index (χ3v) is 3.25. The Morgan fingerprint density at radius 1 is 1.08 bits per heavy atom. The van der Waals surface area contributed by atoms with Crippen molar-refractivity contribution in [3.8, 4) is 0 Å². The number of non-ortho nitro benzene ring substituents is 1. The van der Waals surface area contributed by atoms with Crippen LogP contribution < -0.4 is 5.32 Å². The standard InChI is InChI=1S/C16H20N2O7/c1-4-24-14(20)16(17-11(3)19,15(21)25-5-2)10-12-6-8-13(9-7-12)18(22)23/h6-9H,4-5,10H2,1-3H3,(H,17,19). The van der Waals surface area contributed by atoms with Gasteiger partial charge in [0.2, 0.25) is 11.4 Å². The molecule has 0 aromatic heterocycles. The molecule has 9 nitrogen and oxygen atoms in total. The number of esters is 2. The minimum absolute atomic E-state index is 0.000164. The molecule has 0 spiro atoms. The monoisotopic (exact) mass is 352 g/mol. The maximum absolute atomic E-state index is 12.5. The van der Waals surface area contributed by atoms with Crippen LogP contribution in [-0.4, -0.2) is 41.5 Å². The lowest BCUT2D eigenvalue weighted by Gasteiger charge is -2.29. The van der Waals surface area contributed by atoms with E-state index in [4.69, 9.17) is 9.47 Å². The summed E-state index contributed by atoms with van der Waals surface area (Å²) in [5.74, 6) is -2.54. The van der Waals surface area contributed by atoms with Crippen LogP contribution in [0.4, 0.5) is 5.69 Å². The summed E-state index contributed by atoms with van der Waals surface area (Å²) < 4.78 is 9.89. The van der Waals surface area contributed by atoms with E-state index in [-0.39, 0.29) is 25.3 Å². The Bertz CT molecular complexity index is 637. The van der Waals surface area contributed by atoms with Crippen molar-refractivity contribution in [2.24, 2.45) is 0 Å². The summed E-state index contributed by atoms with van der Waals surface area (Å²) in [6, 6.07) is 5.27. The molecule has 25 heavy (non-hydrogen) atoms. The zero-order chi connectivity index (χ0) is 19.0. The average Bonchev–Trinajstić information content (AvgIpc) is 2.54. The van der Waals surface area contributed by atoms with Crippen molar-refractivity contribution in [3.05, 3.63) is 39.9 Å². The lowest BCUT2D eigenvalue weighted by atomic mass is 9.90. The molecule has 1 aromatic carbocycles. The highest BCUT2D eigenvalue weighted by Crippen LogP contribution is 2.21. The number of amides is 1. The predicted molar refractivity (Wildman–Crippen MR) is 86.6 cm³/mol. The smallest absolute Gasteiger partial charge is 0.344 e. The van der Waals surface area contributed by atoms with Gasteiger partial charge in [0.15, 0.2) is 0 Å². The molecule has 9 heteroatoms. The minimum Gasteiger partial charge on any atom is -0.464 e. The van der Waals surface area contributed by atoms with Crippen molar-refractivity contribution in [3.63, 3.8) is 0 Å². The topological polar surface area (TPSA) is 125 Å². The van der Waals surface area contributed by atoms with Crippen LogP contribution in [0.25, 0.3) is 0 Å². The van der Waals surface area contributed by atoms with E-state index in [9.17, 15) is 24.5 Å². The number of nitro groups is 1. The number of hydrogen-bond acceptors (Lipinski definition) is 7. The molecule has 0 aliphatic heterocycles. The normalized spacial score (nSPS) is 10.7. The summed E-state index contributed by atoms with van der Waals surface area (Å²) in [6.07, 6.45) is -0.262. The summed E-state index contributed by atoms with van der Waals surface area (Å²) in [5, 5.41) is 13.1. The number of carbonyl (C=O) groups excluding carboxylic acids is 3. The molecule has 0 bridgehead atoms. The van der Waals surface area contributed by atoms with Crippen LogP contribution in [0.5, 0.6) is 0 Å². The highest BCUT2D eigenvalue weighted by atomic mass is 16.6. The second-order valence-electron chi connectivity index (χ2n) is 5.13. The van der Waals surface area contributed by atoms with E-state index >= 15 is 0 Å². The van der Waals surface area contributed by atoms with Crippen molar-refractivity contribution in [1.82, 2.24) is 5.32 Å².